The van der Waals surface area contributed by atoms with Crippen molar-refractivity contribution in [2.45, 2.75) is 52.0 Å². The highest BCUT2D eigenvalue weighted by Gasteiger charge is 2.15. The summed E-state index contributed by atoms with van der Waals surface area (Å²) in [6.45, 7) is 15.6. The lowest BCUT2D eigenvalue weighted by Crippen LogP contribution is -2.40. The number of ether oxygens (including phenoxy) is 2. The summed E-state index contributed by atoms with van der Waals surface area (Å²) in [6.07, 6.45) is 12.1. The van der Waals surface area contributed by atoms with Crippen molar-refractivity contribution in [3.05, 3.63) is 0 Å². The summed E-state index contributed by atoms with van der Waals surface area (Å²) in [4.78, 5) is 12.7. The molecule has 1 heterocycles. The predicted octanol–water partition coefficient (Wildman–Crippen LogP) is 2.90. The first-order chi connectivity index (χ1) is 15.2. The lowest BCUT2D eigenvalue weighted by molar-refractivity contribution is -0.141. The molecule has 0 spiro atoms. The molecule has 1 rings (SSSR count). The summed E-state index contributed by atoms with van der Waals surface area (Å²) in [5.41, 5.74) is 0.146. The van der Waals surface area contributed by atoms with Crippen molar-refractivity contribution in [2.24, 2.45) is 14.7 Å². The second-order valence-electron chi connectivity index (χ2n) is 8.15. The zero-order chi connectivity index (χ0) is 24.2. The summed E-state index contributed by atoms with van der Waals surface area (Å²) in [7, 11) is 0. The van der Waals surface area contributed by atoms with Gasteiger partial charge in [0.15, 0.2) is 0 Å². The van der Waals surface area contributed by atoms with Crippen molar-refractivity contribution in [2.75, 3.05) is 46.0 Å². The Bertz CT molecular complexity index is 644. The molecule has 1 aliphatic heterocycles. The van der Waals surface area contributed by atoms with Gasteiger partial charge >= 0.3 is 5.97 Å². The minimum atomic E-state index is -0.863. The van der Waals surface area contributed by atoms with Gasteiger partial charge in [-0.1, -0.05) is 0 Å². The van der Waals surface area contributed by atoms with E-state index in [4.69, 9.17) is 27.4 Å². The number of morpholine rings is 1. The SMILES string of the molecule is C#CCCC(CC#C)C(=O)O.C=NS/N=C(\CN1CCOCC1)OCCCNC(C)(C)C. The first-order valence-electron chi connectivity index (χ1n) is 10.7. The van der Waals surface area contributed by atoms with Crippen LogP contribution in [-0.2, 0) is 14.3 Å². The van der Waals surface area contributed by atoms with E-state index in [1.54, 1.807) is 0 Å². The lowest BCUT2D eigenvalue weighted by atomic mass is 10.0. The number of carboxylic acids is 1. The molecule has 0 radical (unpaired) electrons. The Morgan fingerprint density at radius 2 is 2.03 bits per heavy atom. The van der Waals surface area contributed by atoms with Crippen LogP contribution in [0.1, 0.15) is 46.5 Å². The number of carboxylic acid groups (broad SMARTS) is 1. The van der Waals surface area contributed by atoms with Gasteiger partial charge in [-0.15, -0.1) is 24.7 Å². The van der Waals surface area contributed by atoms with Gasteiger partial charge < -0.3 is 19.9 Å². The molecule has 2 N–H and O–H groups in total. The zero-order valence-corrected chi connectivity index (χ0v) is 20.5. The van der Waals surface area contributed by atoms with E-state index in [9.17, 15) is 4.79 Å². The quantitative estimate of drug-likeness (QED) is 0.150. The van der Waals surface area contributed by atoms with Gasteiger partial charge in [0.05, 0.1) is 32.3 Å². The standard InChI is InChI=1S/C14H28N4O2S.C9H10O2/c1-14(2,3)16-6-5-9-20-13(17-21-15-4)12-18-7-10-19-11-8-18;1-3-5-7-8(6-4-2)9(10)11/h16H,4-12H2,1-3H3;1-2,8H,5-7H2,(H,10,11)/b17-13+;. The third-order valence-corrected chi connectivity index (χ3v) is 4.66. The Morgan fingerprint density at radius 3 is 2.56 bits per heavy atom. The fraction of sp³-hybridized carbons (Fsp3) is 0.696. The molecule has 180 valence electrons. The van der Waals surface area contributed by atoms with Crippen molar-refractivity contribution >= 4 is 30.7 Å². The molecule has 1 fully saturated rings. The van der Waals surface area contributed by atoms with Crippen molar-refractivity contribution < 1.29 is 19.4 Å². The summed E-state index contributed by atoms with van der Waals surface area (Å²) in [6, 6.07) is 0. The Morgan fingerprint density at radius 1 is 1.34 bits per heavy atom. The van der Waals surface area contributed by atoms with Gasteiger partial charge in [0.25, 0.3) is 0 Å². The minimum absolute atomic E-state index is 0.146. The Balaban J connectivity index is 0.000000739. The van der Waals surface area contributed by atoms with E-state index in [1.807, 2.05) is 0 Å². The molecule has 0 aromatic rings. The van der Waals surface area contributed by atoms with Gasteiger partial charge in [-0.25, -0.2) is 4.40 Å². The van der Waals surface area contributed by atoms with E-state index < -0.39 is 11.9 Å². The number of nitrogens with zero attached hydrogens (tertiary/aromatic N) is 3. The maximum absolute atomic E-state index is 10.4. The third-order valence-electron chi connectivity index (χ3n) is 4.26. The van der Waals surface area contributed by atoms with E-state index in [1.165, 1.54) is 0 Å². The van der Waals surface area contributed by atoms with E-state index in [0.717, 1.165) is 51.4 Å². The molecule has 32 heavy (non-hydrogen) atoms. The van der Waals surface area contributed by atoms with Crippen LogP contribution in [0.15, 0.2) is 8.80 Å². The molecule has 9 heteroatoms. The third kappa shape index (κ3) is 17.6. The molecule has 0 aromatic heterocycles. The molecular formula is C23H38N4O4S. The number of hydrogen-bond acceptors (Lipinski definition) is 8. The summed E-state index contributed by atoms with van der Waals surface area (Å²) in [5.74, 6) is 4.06. The van der Waals surface area contributed by atoms with Crippen LogP contribution < -0.4 is 5.32 Å². The first-order valence-corrected chi connectivity index (χ1v) is 11.4. The molecular weight excluding hydrogens is 428 g/mol. The molecule has 0 bridgehead atoms. The molecule has 1 atom stereocenters. The second kappa shape index (κ2) is 18.5. The highest BCUT2D eigenvalue weighted by atomic mass is 32.2. The van der Waals surface area contributed by atoms with Gasteiger partial charge in [0.2, 0.25) is 5.90 Å². The summed E-state index contributed by atoms with van der Waals surface area (Å²) >= 11 is 1.08. The monoisotopic (exact) mass is 466 g/mol. The number of aliphatic carboxylic acids is 1. The number of rotatable bonds is 12. The van der Waals surface area contributed by atoms with Crippen LogP contribution in [0, 0.1) is 30.6 Å². The average molecular weight is 467 g/mol. The van der Waals surface area contributed by atoms with Crippen LogP contribution in [0.4, 0.5) is 0 Å². The molecule has 0 amide bonds. The van der Waals surface area contributed by atoms with Crippen LogP contribution in [0.3, 0.4) is 0 Å². The van der Waals surface area contributed by atoms with Crippen molar-refractivity contribution in [1.82, 2.24) is 10.2 Å². The smallest absolute Gasteiger partial charge is 0.307 e. The van der Waals surface area contributed by atoms with E-state index in [0.29, 0.717) is 31.9 Å². The fourth-order valence-corrected chi connectivity index (χ4v) is 2.82. The number of terminal acetylenes is 2. The molecule has 0 aliphatic carbocycles. The highest BCUT2D eigenvalue weighted by molar-refractivity contribution is 7.96. The van der Waals surface area contributed by atoms with Crippen molar-refractivity contribution in [3.63, 3.8) is 0 Å². The largest absolute Gasteiger partial charge is 0.481 e. The molecule has 0 aromatic carbocycles. The summed E-state index contributed by atoms with van der Waals surface area (Å²) < 4.78 is 19.1. The van der Waals surface area contributed by atoms with E-state index in [-0.39, 0.29) is 12.0 Å². The van der Waals surface area contributed by atoms with Gasteiger partial charge in [0.1, 0.15) is 12.1 Å². The number of nitrogens with one attached hydrogen (secondary N) is 1. The maximum atomic E-state index is 10.4. The van der Waals surface area contributed by atoms with Gasteiger partial charge in [-0.3, -0.25) is 9.69 Å². The molecule has 1 unspecified atom stereocenters. The Hall–Kier alpha value is -2.04. The zero-order valence-electron chi connectivity index (χ0n) is 19.6. The Labute approximate surface area is 197 Å². The second-order valence-corrected chi connectivity index (χ2v) is 8.75. The van der Waals surface area contributed by atoms with Crippen LogP contribution >= 0.6 is 12.1 Å². The molecule has 8 nitrogen and oxygen atoms in total. The Kier molecular flexibility index (Phi) is 17.3. The number of carbonyl (C=O) groups is 1. The highest BCUT2D eigenvalue weighted by Crippen LogP contribution is 2.10. The molecule has 1 saturated heterocycles. The first kappa shape index (κ1) is 30.0. The van der Waals surface area contributed by atoms with Crippen LogP contribution in [0.5, 0.6) is 0 Å². The van der Waals surface area contributed by atoms with Crippen molar-refractivity contribution in [3.8, 4) is 24.7 Å². The van der Waals surface area contributed by atoms with Crippen LogP contribution in [-0.4, -0.2) is 80.1 Å². The van der Waals surface area contributed by atoms with Crippen LogP contribution in [0.25, 0.3) is 0 Å². The van der Waals surface area contributed by atoms with Gasteiger partial charge in [-0.05, 0) is 40.2 Å². The maximum Gasteiger partial charge on any atom is 0.307 e. The van der Waals surface area contributed by atoms with Gasteiger partial charge in [-0.2, -0.15) is 4.40 Å². The fourth-order valence-electron chi connectivity index (χ4n) is 2.56. The minimum Gasteiger partial charge on any atom is -0.481 e. The normalized spacial score (nSPS) is 15.5. The number of hydrogen-bond donors (Lipinski definition) is 2. The van der Waals surface area contributed by atoms with Crippen LogP contribution in [0.2, 0.25) is 0 Å². The van der Waals surface area contributed by atoms with E-state index in [2.05, 4.69) is 58.3 Å². The topological polar surface area (TPSA) is 95.8 Å². The predicted molar refractivity (Wildman–Crippen MR) is 133 cm³/mol. The molecule has 1 aliphatic rings. The lowest BCUT2D eigenvalue weighted by Gasteiger charge is -2.26. The average Bonchev–Trinajstić information content (AvgIpc) is 2.74. The van der Waals surface area contributed by atoms with Crippen molar-refractivity contribution in [1.29, 1.82) is 0 Å². The van der Waals surface area contributed by atoms with E-state index >= 15 is 0 Å². The van der Waals surface area contributed by atoms with Gasteiger partial charge in [0, 0.05) is 38.2 Å². The molecule has 0 saturated carbocycles. The summed E-state index contributed by atoms with van der Waals surface area (Å²) in [5, 5.41) is 12.0.